The lowest BCUT2D eigenvalue weighted by Crippen LogP contribution is -2.43. The third kappa shape index (κ3) is 9.10. The molecule has 5 nitrogen and oxygen atoms in total. The van der Waals surface area contributed by atoms with Gasteiger partial charge in [0.1, 0.15) is 11.9 Å². The van der Waals surface area contributed by atoms with Crippen LogP contribution in [0.3, 0.4) is 0 Å². The van der Waals surface area contributed by atoms with Gasteiger partial charge in [-0.25, -0.2) is 4.79 Å². The minimum atomic E-state index is -0.827. The summed E-state index contributed by atoms with van der Waals surface area (Å²) in [7, 11) is 0. The van der Waals surface area contributed by atoms with E-state index in [-0.39, 0.29) is 36.3 Å². The molecule has 0 aromatic heterocycles. The highest BCUT2D eigenvalue weighted by atomic mass is 16.5. The predicted octanol–water partition coefficient (Wildman–Crippen LogP) is 5.19. The van der Waals surface area contributed by atoms with E-state index in [2.05, 4.69) is 19.9 Å². The number of hydrogen-bond acceptors (Lipinski definition) is 5. The Morgan fingerprint density at radius 2 is 2.03 bits per heavy atom. The molecule has 5 heteroatoms. The molecule has 2 aliphatic heterocycles. The molecule has 6 atom stereocenters. The first-order chi connectivity index (χ1) is 15.7. The fourth-order valence-corrected chi connectivity index (χ4v) is 4.05. The van der Waals surface area contributed by atoms with Crippen LogP contribution < -0.4 is 0 Å². The van der Waals surface area contributed by atoms with Crippen LogP contribution in [-0.4, -0.2) is 41.3 Å². The maximum Gasteiger partial charge on any atom is 0.331 e. The molecule has 0 aliphatic carbocycles. The van der Waals surface area contributed by atoms with Crippen LogP contribution in [0.15, 0.2) is 71.9 Å². The topological polar surface area (TPSA) is 72.8 Å². The Kier molecular flexibility index (Phi) is 10.8. The summed E-state index contributed by atoms with van der Waals surface area (Å²) >= 11 is 0. The molecule has 0 saturated carbocycles. The molecular weight excluding hydrogens is 416 g/mol. The van der Waals surface area contributed by atoms with Gasteiger partial charge in [0.05, 0.1) is 18.3 Å². The summed E-state index contributed by atoms with van der Waals surface area (Å²) in [6, 6.07) is 0. The number of hydrogen-bond donors (Lipinski definition) is 1. The maximum absolute atomic E-state index is 12.2. The quantitative estimate of drug-likeness (QED) is 0.295. The SMILES string of the molecule is C/C=C/[C@@H]1O[C@H](C(O)/C=C/C=C(\C)C[C@@H](C)/C=C(C)\C=C\[C@H]2CC=CC(=O)O2)CC(=O)[C@@H]1C. The first-order valence-electron chi connectivity index (χ1n) is 11.8. The molecular formula is C28H38O5. The zero-order valence-corrected chi connectivity index (χ0v) is 20.4. The van der Waals surface area contributed by atoms with Crippen molar-refractivity contribution in [2.45, 2.75) is 78.3 Å². The standard InChI is InChI=1S/C28H38O5/c1-6-9-26-22(5)25(30)18-27(33-26)24(29)12-7-10-19(2)16-21(4)17-20(3)14-15-23-11-8-13-28(31)32-23/h6-10,12-15,17,21-24,26-27,29H,11,16,18H2,1-5H3/b9-6+,12-7+,15-14+,19-10+,20-17-/t21-,22+,23-,24?,26+,27+/m1/s1. The molecule has 33 heavy (non-hydrogen) atoms. The second-order valence-corrected chi connectivity index (χ2v) is 9.08. The van der Waals surface area contributed by atoms with E-state index < -0.39 is 12.2 Å². The second kappa shape index (κ2) is 13.3. The Morgan fingerprint density at radius 3 is 2.73 bits per heavy atom. The third-order valence-electron chi connectivity index (χ3n) is 5.84. The van der Waals surface area contributed by atoms with E-state index in [4.69, 9.17) is 9.47 Å². The Balaban J connectivity index is 1.85. The Morgan fingerprint density at radius 1 is 1.27 bits per heavy atom. The number of Topliss-reactive ketones (excluding diaryl/α,β-unsaturated/α-hetero) is 1. The van der Waals surface area contributed by atoms with E-state index in [1.54, 1.807) is 6.08 Å². The first-order valence-corrected chi connectivity index (χ1v) is 11.8. The monoisotopic (exact) mass is 454 g/mol. The van der Waals surface area contributed by atoms with E-state index in [0.717, 1.165) is 12.0 Å². The molecule has 0 aromatic rings. The van der Waals surface area contributed by atoms with Gasteiger partial charge in [-0.1, -0.05) is 73.6 Å². The van der Waals surface area contributed by atoms with Gasteiger partial charge in [-0.3, -0.25) is 4.79 Å². The lowest BCUT2D eigenvalue weighted by Gasteiger charge is -2.33. The number of cyclic esters (lactones) is 1. The summed E-state index contributed by atoms with van der Waals surface area (Å²) in [6.07, 6.45) is 18.7. The highest BCUT2D eigenvalue weighted by Gasteiger charge is 2.35. The van der Waals surface area contributed by atoms with Gasteiger partial charge in [0.25, 0.3) is 0 Å². The smallest absolute Gasteiger partial charge is 0.331 e. The van der Waals surface area contributed by atoms with Crippen LogP contribution in [0.25, 0.3) is 0 Å². The van der Waals surface area contributed by atoms with Crippen molar-refractivity contribution in [3.63, 3.8) is 0 Å². The molecule has 0 spiro atoms. The molecule has 0 aromatic carbocycles. The Labute approximate surface area is 198 Å². The fraction of sp³-hybridized carbons (Fsp3) is 0.500. The molecule has 1 N–H and O–H groups in total. The van der Waals surface area contributed by atoms with E-state index >= 15 is 0 Å². The van der Waals surface area contributed by atoms with Gasteiger partial charge in [0.2, 0.25) is 0 Å². The number of aliphatic hydroxyl groups is 1. The van der Waals surface area contributed by atoms with Crippen molar-refractivity contribution in [2.75, 3.05) is 0 Å². The van der Waals surface area contributed by atoms with Gasteiger partial charge < -0.3 is 14.6 Å². The summed E-state index contributed by atoms with van der Waals surface area (Å²) in [5.74, 6) is -0.0196. The molecule has 2 rings (SSSR count). The predicted molar refractivity (Wildman–Crippen MR) is 131 cm³/mol. The van der Waals surface area contributed by atoms with Crippen molar-refractivity contribution in [3.05, 3.63) is 71.9 Å². The minimum absolute atomic E-state index is 0.122. The molecule has 2 aliphatic rings. The highest BCUT2D eigenvalue weighted by molar-refractivity contribution is 5.83. The largest absolute Gasteiger partial charge is 0.455 e. The average Bonchev–Trinajstić information content (AvgIpc) is 2.75. The Bertz CT molecular complexity index is 858. The van der Waals surface area contributed by atoms with Gasteiger partial charge >= 0.3 is 5.97 Å². The van der Waals surface area contributed by atoms with Crippen molar-refractivity contribution in [2.24, 2.45) is 11.8 Å². The van der Waals surface area contributed by atoms with Crippen LogP contribution >= 0.6 is 0 Å². The lowest BCUT2D eigenvalue weighted by atomic mass is 9.89. The number of aliphatic hydroxyl groups excluding tert-OH is 1. The van der Waals surface area contributed by atoms with Crippen LogP contribution in [-0.2, 0) is 19.1 Å². The second-order valence-electron chi connectivity index (χ2n) is 9.08. The molecule has 0 bridgehead atoms. The van der Waals surface area contributed by atoms with E-state index in [1.165, 1.54) is 11.6 Å². The molecule has 0 amide bonds. The summed E-state index contributed by atoms with van der Waals surface area (Å²) in [5.41, 5.74) is 2.31. The van der Waals surface area contributed by atoms with Crippen LogP contribution in [0, 0.1) is 11.8 Å². The maximum atomic E-state index is 12.2. The minimum Gasteiger partial charge on any atom is -0.455 e. The highest BCUT2D eigenvalue weighted by Crippen LogP contribution is 2.25. The van der Waals surface area contributed by atoms with Crippen molar-refractivity contribution in [3.8, 4) is 0 Å². The molecule has 2 heterocycles. The van der Waals surface area contributed by atoms with E-state index in [1.807, 2.05) is 63.3 Å². The van der Waals surface area contributed by atoms with Crippen LogP contribution in [0.5, 0.6) is 0 Å². The van der Waals surface area contributed by atoms with Gasteiger partial charge in [0, 0.05) is 24.8 Å². The first kappa shape index (κ1) is 26.7. The fourth-order valence-electron chi connectivity index (χ4n) is 4.05. The van der Waals surface area contributed by atoms with Gasteiger partial charge in [-0.15, -0.1) is 0 Å². The number of rotatable bonds is 9. The molecule has 180 valence electrons. The summed E-state index contributed by atoms with van der Waals surface area (Å²) in [6.45, 7) is 10.0. The van der Waals surface area contributed by atoms with Crippen molar-refractivity contribution in [1.82, 2.24) is 0 Å². The van der Waals surface area contributed by atoms with Crippen molar-refractivity contribution < 1.29 is 24.2 Å². The van der Waals surface area contributed by atoms with Crippen LogP contribution in [0.2, 0.25) is 0 Å². The number of allylic oxidation sites excluding steroid dienone is 7. The zero-order valence-electron chi connectivity index (χ0n) is 20.4. The Hall–Kier alpha value is -2.50. The number of ether oxygens (including phenoxy) is 2. The summed E-state index contributed by atoms with van der Waals surface area (Å²) < 4.78 is 11.2. The normalized spacial score (nSPS) is 29.3. The van der Waals surface area contributed by atoms with Crippen LogP contribution in [0.1, 0.15) is 53.9 Å². The van der Waals surface area contributed by atoms with E-state index in [9.17, 15) is 14.7 Å². The van der Waals surface area contributed by atoms with Crippen molar-refractivity contribution in [1.29, 1.82) is 0 Å². The summed E-state index contributed by atoms with van der Waals surface area (Å²) in [4.78, 5) is 23.5. The third-order valence-corrected chi connectivity index (χ3v) is 5.84. The molecule has 1 unspecified atom stereocenters. The molecule has 0 radical (unpaired) electrons. The number of carbonyl (C=O) groups is 2. The van der Waals surface area contributed by atoms with Gasteiger partial charge in [0.15, 0.2) is 0 Å². The lowest BCUT2D eigenvalue weighted by molar-refractivity contribution is -0.147. The van der Waals surface area contributed by atoms with Crippen LogP contribution in [0.4, 0.5) is 0 Å². The zero-order chi connectivity index (χ0) is 24.4. The average molecular weight is 455 g/mol. The summed E-state index contributed by atoms with van der Waals surface area (Å²) in [5, 5.41) is 10.5. The number of esters is 1. The molecule has 1 fully saturated rings. The number of carbonyl (C=O) groups excluding carboxylic acids is 2. The number of ketones is 1. The molecule has 1 saturated heterocycles. The van der Waals surface area contributed by atoms with Crippen molar-refractivity contribution >= 4 is 11.8 Å². The van der Waals surface area contributed by atoms with Gasteiger partial charge in [-0.05, 0) is 39.2 Å². The van der Waals surface area contributed by atoms with E-state index in [0.29, 0.717) is 12.3 Å². The van der Waals surface area contributed by atoms with Gasteiger partial charge in [-0.2, -0.15) is 0 Å².